The number of ether oxygens (including phenoxy) is 2. The molecule has 2 atom stereocenters. The maximum absolute atomic E-state index is 12.5. The van der Waals surface area contributed by atoms with E-state index in [1.165, 1.54) is 12.1 Å². The van der Waals surface area contributed by atoms with Crippen LogP contribution in [0.3, 0.4) is 0 Å². The molecule has 2 aromatic rings. The number of hydrogen-bond donors (Lipinski definition) is 0. The van der Waals surface area contributed by atoms with Crippen LogP contribution in [-0.4, -0.2) is 62.7 Å². The number of aromatic nitrogens is 4. The normalized spacial score (nSPS) is 20.9. The Morgan fingerprint density at radius 2 is 1.81 bits per heavy atom. The summed E-state index contributed by atoms with van der Waals surface area (Å²) in [5.41, 5.74) is 0.342. The van der Waals surface area contributed by atoms with Crippen molar-refractivity contribution in [2.75, 3.05) is 13.1 Å². The van der Waals surface area contributed by atoms with E-state index < -0.39 is 6.36 Å². The minimum atomic E-state index is -4.76. The monoisotopic (exact) mass is 371 g/mol. The van der Waals surface area contributed by atoms with E-state index in [9.17, 15) is 18.0 Å². The molecule has 1 amide bonds. The molecule has 3 rings (SSSR count). The van der Waals surface area contributed by atoms with Gasteiger partial charge in [0.15, 0.2) is 0 Å². The Kier molecular flexibility index (Phi) is 4.81. The first kappa shape index (κ1) is 18.1. The number of hydrogen-bond acceptors (Lipinski definition) is 6. The average molecular weight is 371 g/mol. The lowest BCUT2D eigenvalue weighted by molar-refractivity contribution is -0.274. The van der Waals surface area contributed by atoms with E-state index in [0.717, 1.165) is 16.9 Å². The number of benzene rings is 1. The summed E-state index contributed by atoms with van der Waals surface area (Å²) in [5.74, 6) is -0.842. The zero-order chi connectivity index (χ0) is 18.9. The standard InChI is InChI=1S/C15H16F3N5O3/c1-9-7-22(8-10(2)25-9)14(24)13-19-21-23(20-13)11-3-5-12(6-4-11)26-15(16,17)18/h3-6,9-10H,7-8H2,1-2H3/t9-,10-/m1/s1. The van der Waals surface area contributed by atoms with Crippen LogP contribution in [0.4, 0.5) is 13.2 Å². The second-order valence-electron chi connectivity index (χ2n) is 5.91. The first-order chi connectivity index (χ1) is 12.2. The first-order valence-corrected chi connectivity index (χ1v) is 7.82. The van der Waals surface area contributed by atoms with Gasteiger partial charge in [-0.25, -0.2) is 0 Å². The van der Waals surface area contributed by atoms with Crippen LogP contribution >= 0.6 is 0 Å². The largest absolute Gasteiger partial charge is 0.573 e. The van der Waals surface area contributed by atoms with Crippen LogP contribution in [-0.2, 0) is 4.74 Å². The van der Waals surface area contributed by atoms with Crippen LogP contribution in [0.2, 0.25) is 0 Å². The molecule has 0 bridgehead atoms. The molecule has 1 aromatic carbocycles. The zero-order valence-electron chi connectivity index (χ0n) is 14.0. The highest BCUT2D eigenvalue weighted by atomic mass is 19.4. The van der Waals surface area contributed by atoms with E-state index >= 15 is 0 Å². The second kappa shape index (κ2) is 6.90. The van der Waals surface area contributed by atoms with Gasteiger partial charge in [-0.1, -0.05) is 0 Å². The van der Waals surface area contributed by atoms with Crippen LogP contribution in [0.15, 0.2) is 24.3 Å². The Hall–Kier alpha value is -2.69. The molecular formula is C15H16F3N5O3. The molecule has 1 aliphatic heterocycles. The fourth-order valence-corrected chi connectivity index (χ4v) is 2.68. The molecule has 0 unspecified atom stereocenters. The van der Waals surface area contributed by atoms with Crippen LogP contribution in [0.1, 0.15) is 24.5 Å². The maximum atomic E-state index is 12.5. The minimum Gasteiger partial charge on any atom is -0.406 e. The van der Waals surface area contributed by atoms with Crippen LogP contribution < -0.4 is 4.74 Å². The molecule has 0 spiro atoms. The van der Waals surface area contributed by atoms with Crippen molar-refractivity contribution < 1.29 is 27.4 Å². The van der Waals surface area contributed by atoms with Gasteiger partial charge < -0.3 is 14.4 Å². The van der Waals surface area contributed by atoms with Gasteiger partial charge in [0.2, 0.25) is 0 Å². The summed E-state index contributed by atoms with van der Waals surface area (Å²) < 4.78 is 45.9. The lowest BCUT2D eigenvalue weighted by Gasteiger charge is -2.34. The van der Waals surface area contributed by atoms with Gasteiger partial charge in [0.1, 0.15) is 5.75 Å². The molecule has 1 fully saturated rings. The van der Waals surface area contributed by atoms with Gasteiger partial charge in [0, 0.05) is 13.1 Å². The third-order valence-electron chi connectivity index (χ3n) is 3.61. The smallest absolute Gasteiger partial charge is 0.406 e. The average Bonchev–Trinajstić information content (AvgIpc) is 3.02. The zero-order valence-corrected chi connectivity index (χ0v) is 14.0. The molecular weight excluding hydrogens is 355 g/mol. The number of alkyl halides is 3. The summed E-state index contributed by atoms with van der Waals surface area (Å²) in [6.45, 7) is 4.57. The highest BCUT2D eigenvalue weighted by Gasteiger charge is 2.31. The van der Waals surface area contributed by atoms with Crippen molar-refractivity contribution in [3.05, 3.63) is 30.1 Å². The number of halogens is 3. The van der Waals surface area contributed by atoms with Gasteiger partial charge in [-0.2, -0.15) is 0 Å². The van der Waals surface area contributed by atoms with Crippen LogP contribution in [0, 0.1) is 0 Å². The minimum absolute atomic E-state index is 0.0954. The van der Waals surface area contributed by atoms with E-state index in [1.807, 2.05) is 13.8 Å². The summed E-state index contributed by atoms with van der Waals surface area (Å²) in [6.07, 6.45) is -4.96. The lowest BCUT2D eigenvalue weighted by atomic mass is 10.2. The van der Waals surface area contributed by atoms with E-state index in [0.29, 0.717) is 18.8 Å². The number of nitrogens with zero attached hydrogens (tertiary/aromatic N) is 5. The van der Waals surface area contributed by atoms with Crippen LogP contribution in [0.5, 0.6) is 5.75 Å². The second-order valence-corrected chi connectivity index (χ2v) is 5.91. The molecule has 8 nitrogen and oxygen atoms in total. The summed E-state index contributed by atoms with van der Waals surface area (Å²) in [4.78, 5) is 15.1. The molecule has 1 saturated heterocycles. The molecule has 1 aromatic heterocycles. The predicted molar refractivity (Wildman–Crippen MR) is 81.7 cm³/mol. The summed E-state index contributed by atoms with van der Waals surface area (Å²) in [6, 6.07) is 4.91. The summed E-state index contributed by atoms with van der Waals surface area (Å²) in [5, 5.41) is 11.5. The summed E-state index contributed by atoms with van der Waals surface area (Å²) in [7, 11) is 0. The topological polar surface area (TPSA) is 82.4 Å². The Balaban J connectivity index is 1.72. The first-order valence-electron chi connectivity index (χ1n) is 7.82. The van der Waals surface area contributed by atoms with Crippen molar-refractivity contribution in [2.45, 2.75) is 32.4 Å². The predicted octanol–water partition coefficient (Wildman–Crippen LogP) is 1.81. The molecule has 2 heterocycles. The van der Waals surface area contributed by atoms with E-state index in [-0.39, 0.29) is 29.7 Å². The fourth-order valence-electron chi connectivity index (χ4n) is 2.68. The maximum Gasteiger partial charge on any atom is 0.573 e. The molecule has 0 radical (unpaired) electrons. The number of carbonyl (C=O) groups is 1. The third-order valence-corrected chi connectivity index (χ3v) is 3.61. The van der Waals surface area contributed by atoms with Crippen LogP contribution in [0.25, 0.3) is 5.69 Å². The van der Waals surface area contributed by atoms with Gasteiger partial charge in [-0.15, -0.1) is 28.2 Å². The Morgan fingerprint density at radius 3 is 2.38 bits per heavy atom. The molecule has 26 heavy (non-hydrogen) atoms. The Labute approximate surface area is 146 Å². The summed E-state index contributed by atoms with van der Waals surface area (Å²) >= 11 is 0. The highest BCUT2D eigenvalue weighted by molar-refractivity contribution is 5.90. The molecule has 0 aliphatic carbocycles. The van der Waals surface area contributed by atoms with Gasteiger partial charge >= 0.3 is 6.36 Å². The van der Waals surface area contributed by atoms with E-state index in [1.54, 1.807) is 4.90 Å². The molecule has 0 saturated carbocycles. The number of morpholine rings is 1. The number of carbonyl (C=O) groups excluding carboxylic acids is 1. The van der Waals surface area contributed by atoms with Crippen molar-refractivity contribution in [1.29, 1.82) is 0 Å². The molecule has 11 heteroatoms. The number of tetrazole rings is 1. The van der Waals surface area contributed by atoms with Crippen molar-refractivity contribution in [3.8, 4) is 11.4 Å². The fraction of sp³-hybridized carbons (Fsp3) is 0.467. The van der Waals surface area contributed by atoms with Gasteiger partial charge in [0.25, 0.3) is 11.7 Å². The van der Waals surface area contributed by atoms with Gasteiger partial charge in [-0.3, -0.25) is 4.79 Å². The highest BCUT2D eigenvalue weighted by Crippen LogP contribution is 2.23. The van der Waals surface area contributed by atoms with Crippen molar-refractivity contribution in [3.63, 3.8) is 0 Å². The lowest BCUT2D eigenvalue weighted by Crippen LogP contribution is -2.48. The molecule has 140 valence electrons. The van der Waals surface area contributed by atoms with Crippen molar-refractivity contribution in [1.82, 2.24) is 25.1 Å². The quantitative estimate of drug-likeness (QED) is 0.819. The molecule has 0 N–H and O–H groups in total. The van der Waals surface area contributed by atoms with Crippen molar-refractivity contribution >= 4 is 5.91 Å². The third kappa shape index (κ3) is 4.28. The van der Waals surface area contributed by atoms with Crippen molar-refractivity contribution in [2.24, 2.45) is 0 Å². The van der Waals surface area contributed by atoms with E-state index in [2.05, 4.69) is 20.1 Å². The van der Waals surface area contributed by atoms with Gasteiger partial charge in [0.05, 0.1) is 17.9 Å². The van der Waals surface area contributed by atoms with Gasteiger partial charge in [-0.05, 0) is 43.3 Å². The number of amides is 1. The Bertz CT molecular complexity index is 768. The SMILES string of the molecule is C[C@@H]1CN(C(=O)c2nnn(-c3ccc(OC(F)(F)F)cc3)n2)C[C@@H](C)O1. The molecule has 1 aliphatic rings. The Morgan fingerprint density at radius 1 is 1.19 bits per heavy atom. The van der Waals surface area contributed by atoms with E-state index in [4.69, 9.17) is 4.74 Å². The number of rotatable bonds is 3.